The number of nitrogens with one attached hydrogen (secondary N) is 1. The molecule has 1 N–H and O–H groups in total. The van der Waals surface area contributed by atoms with Crippen LogP contribution in [-0.4, -0.2) is 12.6 Å². The minimum absolute atomic E-state index is 0.226. The summed E-state index contributed by atoms with van der Waals surface area (Å²) in [6.45, 7) is 11.8. The molecule has 1 aromatic carbocycles. The van der Waals surface area contributed by atoms with E-state index in [0.717, 1.165) is 12.3 Å². The molecule has 1 atom stereocenters. The molecule has 96 valence electrons. The molecule has 1 rings (SSSR count). The van der Waals surface area contributed by atoms with Gasteiger partial charge in [-0.3, -0.25) is 0 Å². The van der Waals surface area contributed by atoms with Crippen LogP contribution >= 0.6 is 0 Å². The molecule has 0 aliphatic heterocycles. The van der Waals surface area contributed by atoms with E-state index in [2.05, 4.69) is 44.3 Å². The Bertz CT molecular complexity index is 333. The summed E-state index contributed by atoms with van der Waals surface area (Å²) in [5.41, 5.74) is 1.28. The summed E-state index contributed by atoms with van der Waals surface area (Å²) in [6.07, 6.45) is 0.226. The van der Waals surface area contributed by atoms with E-state index >= 15 is 0 Å². The van der Waals surface area contributed by atoms with Gasteiger partial charge in [0.2, 0.25) is 0 Å². The number of hydrogen-bond donors (Lipinski definition) is 1. The fourth-order valence-corrected chi connectivity index (χ4v) is 1.66. The van der Waals surface area contributed by atoms with Crippen LogP contribution in [0.2, 0.25) is 0 Å². The van der Waals surface area contributed by atoms with Crippen LogP contribution in [0.25, 0.3) is 0 Å². The fourth-order valence-electron chi connectivity index (χ4n) is 1.66. The summed E-state index contributed by atoms with van der Waals surface area (Å²) < 4.78 is 5.70. The molecule has 0 amide bonds. The van der Waals surface area contributed by atoms with Crippen molar-refractivity contribution in [3.8, 4) is 5.75 Å². The van der Waals surface area contributed by atoms with E-state index < -0.39 is 0 Å². The normalized spacial score (nSPS) is 13.1. The Morgan fingerprint density at radius 3 is 2.41 bits per heavy atom. The zero-order valence-corrected chi connectivity index (χ0v) is 11.7. The summed E-state index contributed by atoms with van der Waals surface area (Å²) in [4.78, 5) is 0. The lowest BCUT2D eigenvalue weighted by molar-refractivity contribution is 0.242. The molecular formula is C15H25NO. The van der Waals surface area contributed by atoms with Crippen molar-refractivity contribution >= 4 is 0 Å². The lowest BCUT2D eigenvalue weighted by atomic mass is 10.1. The van der Waals surface area contributed by atoms with Crippen LogP contribution in [0.15, 0.2) is 24.3 Å². The van der Waals surface area contributed by atoms with Crippen LogP contribution in [0.4, 0.5) is 0 Å². The number of hydrogen-bond acceptors (Lipinski definition) is 2. The van der Waals surface area contributed by atoms with Gasteiger partial charge < -0.3 is 10.1 Å². The van der Waals surface area contributed by atoms with Crippen molar-refractivity contribution in [1.29, 1.82) is 0 Å². The topological polar surface area (TPSA) is 21.3 Å². The molecule has 1 aromatic rings. The molecule has 0 saturated heterocycles. The lowest BCUT2D eigenvalue weighted by Gasteiger charge is -2.17. The second-order valence-electron chi connectivity index (χ2n) is 5.26. The molecular weight excluding hydrogens is 210 g/mol. The summed E-state index contributed by atoms with van der Waals surface area (Å²) in [7, 11) is 0. The summed E-state index contributed by atoms with van der Waals surface area (Å²) in [5, 5.41) is 3.52. The Hall–Kier alpha value is -1.02. The van der Waals surface area contributed by atoms with Gasteiger partial charge in [-0.1, -0.05) is 26.0 Å². The van der Waals surface area contributed by atoms with Crippen LogP contribution in [-0.2, 0) is 0 Å². The Kier molecular flexibility index (Phi) is 5.49. The minimum atomic E-state index is 0.226. The number of ether oxygens (including phenoxy) is 1. The van der Waals surface area contributed by atoms with Gasteiger partial charge in [0.1, 0.15) is 5.75 Å². The molecule has 0 bridgehead atoms. The van der Waals surface area contributed by atoms with Gasteiger partial charge in [-0.15, -0.1) is 0 Å². The quantitative estimate of drug-likeness (QED) is 0.810. The van der Waals surface area contributed by atoms with Crippen molar-refractivity contribution in [2.24, 2.45) is 5.92 Å². The van der Waals surface area contributed by atoms with Gasteiger partial charge in [-0.2, -0.15) is 0 Å². The Morgan fingerprint density at radius 1 is 1.12 bits per heavy atom. The molecule has 0 aromatic heterocycles. The molecule has 0 radical (unpaired) electrons. The molecule has 0 fully saturated rings. The molecule has 17 heavy (non-hydrogen) atoms. The molecule has 2 heteroatoms. The zero-order valence-electron chi connectivity index (χ0n) is 11.7. The third-order valence-electron chi connectivity index (χ3n) is 2.56. The minimum Gasteiger partial charge on any atom is -0.491 e. The molecule has 2 nitrogen and oxygen atoms in total. The Labute approximate surface area is 105 Å². The third-order valence-corrected chi connectivity index (χ3v) is 2.56. The van der Waals surface area contributed by atoms with Crippen molar-refractivity contribution in [2.45, 2.75) is 46.8 Å². The van der Waals surface area contributed by atoms with E-state index in [1.54, 1.807) is 0 Å². The van der Waals surface area contributed by atoms with E-state index in [0.29, 0.717) is 12.0 Å². The van der Waals surface area contributed by atoms with Gasteiger partial charge in [0.15, 0.2) is 0 Å². The van der Waals surface area contributed by atoms with Crippen molar-refractivity contribution in [3.63, 3.8) is 0 Å². The largest absolute Gasteiger partial charge is 0.491 e. The van der Waals surface area contributed by atoms with Crippen LogP contribution in [0.1, 0.15) is 46.2 Å². The predicted molar refractivity (Wildman–Crippen MR) is 73.5 cm³/mol. The van der Waals surface area contributed by atoms with Gasteiger partial charge in [-0.05, 0) is 50.9 Å². The highest BCUT2D eigenvalue weighted by Crippen LogP contribution is 2.20. The van der Waals surface area contributed by atoms with E-state index in [4.69, 9.17) is 4.74 Å². The van der Waals surface area contributed by atoms with Crippen LogP contribution in [0, 0.1) is 5.92 Å². The predicted octanol–water partition coefficient (Wildman–Crippen LogP) is 3.78. The maximum atomic E-state index is 5.70. The van der Waals surface area contributed by atoms with Crippen LogP contribution < -0.4 is 10.1 Å². The maximum Gasteiger partial charge on any atom is 0.120 e. The monoisotopic (exact) mass is 235 g/mol. The van der Waals surface area contributed by atoms with Crippen LogP contribution in [0.5, 0.6) is 5.75 Å². The highest BCUT2D eigenvalue weighted by Gasteiger charge is 2.07. The number of benzene rings is 1. The van der Waals surface area contributed by atoms with Crippen molar-refractivity contribution in [2.75, 3.05) is 6.54 Å². The van der Waals surface area contributed by atoms with Gasteiger partial charge in [0.25, 0.3) is 0 Å². The van der Waals surface area contributed by atoms with E-state index in [1.165, 1.54) is 5.56 Å². The molecule has 0 heterocycles. The van der Waals surface area contributed by atoms with E-state index in [1.807, 2.05) is 19.9 Å². The van der Waals surface area contributed by atoms with Gasteiger partial charge in [0.05, 0.1) is 6.10 Å². The SMILES string of the molecule is CC(C)CNC(C)c1cccc(OC(C)C)c1. The first-order valence-corrected chi connectivity index (χ1v) is 6.49. The zero-order chi connectivity index (χ0) is 12.8. The van der Waals surface area contributed by atoms with Crippen LogP contribution in [0.3, 0.4) is 0 Å². The maximum absolute atomic E-state index is 5.70. The lowest BCUT2D eigenvalue weighted by Crippen LogP contribution is -2.23. The highest BCUT2D eigenvalue weighted by molar-refractivity contribution is 5.30. The van der Waals surface area contributed by atoms with Gasteiger partial charge in [0, 0.05) is 6.04 Å². The van der Waals surface area contributed by atoms with E-state index in [-0.39, 0.29) is 6.10 Å². The highest BCUT2D eigenvalue weighted by atomic mass is 16.5. The molecule has 0 aliphatic rings. The Balaban J connectivity index is 2.63. The molecule has 1 unspecified atom stereocenters. The van der Waals surface area contributed by atoms with E-state index in [9.17, 15) is 0 Å². The summed E-state index contributed by atoms with van der Waals surface area (Å²) >= 11 is 0. The summed E-state index contributed by atoms with van der Waals surface area (Å²) in [6, 6.07) is 8.70. The molecule has 0 aliphatic carbocycles. The average molecular weight is 235 g/mol. The fraction of sp³-hybridized carbons (Fsp3) is 0.600. The van der Waals surface area contributed by atoms with Gasteiger partial charge in [-0.25, -0.2) is 0 Å². The third kappa shape index (κ3) is 5.22. The molecule has 0 spiro atoms. The standard InChI is InChI=1S/C15H25NO/c1-11(2)10-16-13(5)14-7-6-8-15(9-14)17-12(3)4/h6-9,11-13,16H,10H2,1-5H3. The first-order valence-electron chi connectivity index (χ1n) is 6.49. The second-order valence-corrected chi connectivity index (χ2v) is 5.26. The number of rotatable bonds is 6. The second kappa shape index (κ2) is 6.65. The first-order chi connectivity index (χ1) is 7.99. The van der Waals surface area contributed by atoms with Crippen molar-refractivity contribution in [1.82, 2.24) is 5.32 Å². The van der Waals surface area contributed by atoms with Crippen molar-refractivity contribution < 1.29 is 4.74 Å². The van der Waals surface area contributed by atoms with Crippen molar-refractivity contribution in [3.05, 3.63) is 29.8 Å². The summed E-state index contributed by atoms with van der Waals surface area (Å²) in [5.74, 6) is 1.63. The molecule has 0 saturated carbocycles. The smallest absolute Gasteiger partial charge is 0.120 e. The Morgan fingerprint density at radius 2 is 1.82 bits per heavy atom. The van der Waals surface area contributed by atoms with Gasteiger partial charge >= 0.3 is 0 Å². The first kappa shape index (κ1) is 14.0. The average Bonchev–Trinajstić information content (AvgIpc) is 2.25.